The van der Waals surface area contributed by atoms with E-state index >= 15 is 0 Å². The van der Waals surface area contributed by atoms with Gasteiger partial charge >= 0.3 is 0 Å². The molecule has 0 aliphatic carbocycles. The van der Waals surface area contributed by atoms with Crippen LogP contribution in [0.25, 0.3) is 90.1 Å². The lowest BCUT2D eigenvalue weighted by Crippen LogP contribution is -2.26. The SMILES string of the molecule is CCC(CC)(c1ccc(-c2nc(-c3ccccc3)cc(-c3ccc(-c4ccccc4)cc3)n2)cc1)c1ccc(-c2nc(-c3ccccc3)cc(-c3ccc(-c4ccccc4)cc3)n2)cc1. The fourth-order valence-corrected chi connectivity index (χ4v) is 9.00. The summed E-state index contributed by atoms with van der Waals surface area (Å²) in [5.74, 6) is 1.40. The second-order valence-corrected chi connectivity index (χ2v) is 16.5. The van der Waals surface area contributed by atoms with E-state index in [4.69, 9.17) is 19.9 Å². The molecule has 0 aliphatic rings. The van der Waals surface area contributed by atoms with Gasteiger partial charge in [-0.15, -0.1) is 0 Å². The van der Waals surface area contributed by atoms with Crippen molar-refractivity contribution in [1.82, 2.24) is 19.9 Å². The van der Waals surface area contributed by atoms with Gasteiger partial charge in [0.25, 0.3) is 0 Å². The molecule has 4 heteroatoms. The molecule has 0 spiro atoms. The van der Waals surface area contributed by atoms with Gasteiger partial charge in [-0.1, -0.05) is 232 Å². The molecular weight excluding hydrogens is 789 g/mol. The Labute approximate surface area is 382 Å². The molecule has 10 aromatic rings. The van der Waals surface area contributed by atoms with Gasteiger partial charge in [-0.25, -0.2) is 19.9 Å². The molecule has 10 rings (SSSR count). The maximum atomic E-state index is 5.17. The summed E-state index contributed by atoms with van der Waals surface area (Å²) < 4.78 is 0. The van der Waals surface area contributed by atoms with Crippen LogP contribution in [0.5, 0.6) is 0 Å². The van der Waals surface area contributed by atoms with Crippen LogP contribution in [0.4, 0.5) is 0 Å². The van der Waals surface area contributed by atoms with Crippen molar-refractivity contribution < 1.29 is 0 Å². The summed E-state index contributed by atoms with van der Waals surface area (Å²) in [5.41, 5.74) is 16.8. The van der Waals surface area contributed by atoms with Gasteiger partial charge in [0, 0.05) is 38.8 Å². The van der Waals surface area contributed by atoms with Crippen LogP contribution in [0, 0.1) is 0 Å². The summed E-state index contributed by atoms with van der Waals surface area (Å²) in [4.78, 5) is 20.6. The summed E-state index contributed by atoms with van der Waals surface area (Å²) in [6.45, 7) is 4.57. The zero-order valence-corrected chi connectivity index (χ0v) is 36.6. The Bertz CT molecular complexity index is 2930. The maximum absolute atomic E-state index is 5.17. The fourth-order valence-electron chi connectivity index (χ4n) is 9.00. The van der Waals surface area contributed by atoms with E-state index in [1.54, 1.807) is 0 Å². The first-order chi connectivity index (χ1) is 32.1. The van der Waals surface area contributed by atoms with Crippen molar-refractivity contribution in [3.8, 4) is 90.1 Å². The van der Waals surface area contributed by atoms with Crippen LogP contribution >= 0.6 is 0 Å². The van der Waals surface area contributed by atoms with Crippen LogP contribution in [0.2, 0.25) is 0 Å². The zero-order valence-electron chi connectivity index (χ0n) is 36.6. The molecule has 2 aromatic heterocycles. The molecule has 8 aromatic carbocycles. The zero-order chi connectivity index (χ0) is 44.0. The molecule has 0 aliphatic heterocycles. The van der Waals surface area contributed by atoms with Crippen molar-refractivity contribution in [2.75, 3.05) is 0 Å². The number of hydrogen-bond donors (Lipinski definition) is 0. The summed E-state index contributed by atoms with van der Waals surface area (Å²) >= 11 is 0. The highest BCUT2D eigenvalue weighted by molar-refractivity contribution is 5.76. The van der Waals surface area contributed by atoms with Gasteiger partial charge in [-0.05, 0) is 58.4 Å². The second-order valence-electron chi connectivity index (χ2n) is 16.5. The third-order valence-corrected chi connectivity index (χ3v) is 12.8. The molecule has 0 bridgehead atoms. The van der Waals surface area contributed by atoms with Crippen molar-refractivity contribution in [3.63, 3.8) is 0 Å². The second kappa shape index (κ2) is 18.3. The minimum atomic E-state index is -0.201. The smallest absolute Gasteiger partial charge is 0.160 e. The molecule has 0 N–H and O–H groups in total. The average Bonchev–Trinajstić information content (AvgIpc) is 3.40. The number of aromatic nitrogens is 4. The van der Waals surface area contributed by atoms with E-state index < -0.39 is 0 Å². The van der Waals surface area contributed by atoms with E-state index in [-0.39, 0.29) is 5.41 Å². The highest BCUT2D eigenvalue weighted by Crippen LogP contribution is 2.41. The van der Waals surface area contributed by atoms with Crippen LogP contribution in [-0.4, -0.2) is 19.9 Å². The lowest BCUT2D eigenvalue weighted by Gasteiger charge is -2.33. The molecule has 4 nitrogen and oxygen atoms in total. The van der Waals surface area contributed by atoms with Crippen LogP contribution in [0.3, 0.4) is 0 Å². The average molecular weight is 837 g/mol. The highest BCUT2D eigenvalue weighted by atomic mass is 14.9. The molecule has 0 saturated carbocycles. The standard InChI is InChI=1S/C61H48N4/c1-3-61(4-2,53-37-33-51(34-38-53)59-62-55(47-21-13-7-14-22-47)41-57(64-59)49-29-25-45(26-30-49)43-17-9-5-10-18-43)54-39-35-52(36-40-54)60-63-56(48-23-15-8-16-24-48)42-58(65-60)50-31-27-46(28-32-50)44-19-11-6-12-20-44/h5-42H,3-4H2,1-2H3. The topological polar surface area (TPSA) is 51.6 Å². The van der Waals surface area contributed by atoms with Crippen LogP contribution in [0.15, 0.2) is 231 Å². The normalized spacial score (nSPS) is 11.4. The molecule has 2 heterocycles. The van der Waals surface area contributed by atoms with Gasteiger partial charge in [0.2, 0.25) is 0 Å². The lowest BCUT2D eigenvalue weighted by atomic mass is 9.70. The Kier molecular flexibility index (Phi) is 11.6. The van der Waals surface area contributed by atoms with Gasteiger partial charge in [-0.2, -0.15) is 0 Å². The van der Waals surface area contributed by atoms with Gasteiger partial charge in [-0.3, -0.25) is 0 Å². The molecule has 0 radical (unpaired) electrons. The molecule has 65 heavy (non-hydrogen) atoms. The Balaban J connectivity index is 0.966. The van der Waals surface area contributed by atoms with Crippen LogP contribution in [-0.2, 0) is 5.41 Å². The predicted octanol–water partition coefficient (Wildman–Crippen LogP) is 15.7. The Morgan fingerprint density at radius 1 is 0.262 bits per heavy atom. The number of hydrogen-bond acceptors (Lipinski definition) is 4. The minimum Gasteiger partial charge on any atom is -0.228 e. The third-order valence-electron chi connectivity index (χ3n) is 12.8. The van der Waals surface area contributed by atoms with E-state index in [0.29, 0.717) is 11.6 Å². The largest absolute Gasteiger partial charge is 0.228 e. The van der Waals surface area contributed by atoms with Crippen molar-refractivity contribution in [3.05, 3.63) is 242 Å². The van der Waals surface area contributed by atoms with Crippen LogP contribution in [0.1, 0.15) is 37.8 Å². The molecule has 0 atom stereocenters. The van der Waals surface area contributed by atoms with E-state index in [1.165, 1.54) is 33.4 Å². The van der Waals surface area contributed by atoms with E-state index in [1.807, 2.05) is 24.3 Å². The molecule has 0 amide bonds. The summed E-state index contributed by atoms with van der Waals surface area (Å²) in [7, 11) is 0. The summed E-state index contributed by atoms with van der Waals surface area (Å²) in [6, 6.07) is 81.0. The summed E-state index contributed by atoms with van der Waals surface area (Å²) in [6.07, 6.45) is 1.88. The van der Waals surface area contributed by atoms with Gasteiger partial charge in [0.1, 0.15) is 0 Å². The molecule has 0 saturated heterocycles. The first kappa shape index (κ1) is 41.0. The first-order valence-corrected chi connectivity index (χ1v) is 22.5. The van der Waals surface area contributed by atoms with Crippen LogP contribution < -0.4 is 0 Å². The fraction of sp³-hybridized carbons (Fsp3) is 0.0820. The number of nitrogens with zero attached hydrogens (tertiary/aromatic N) is 4. The van der Waals surface area contributed by atoms with Crippen molar-refractivity contribution >= 4 is 0 Å². The molecular formula is C61H48N4. The Hall–Kier alpha value is -8.08. The van der Waals surface area contributed by atoms with E-state index in [9.17, 15) is 0 Å². The third kappa shape index (κ3) is 8.55. The predicted molar refractivity (Wildman–Crippen MR) is 269 cm³/mol. The van der Waals surface area contributed by atoms with Gasteiger partial charge in [0.15, 0.2) is 11.6 Å². The molecule has 0 unspecified atom stereocenters. The maximum Gasteiger partial charge on any atom is 0.160 e. The monoisotopic (exact) mass is 836 g/mol. The minimum absolute atomic E-state index is 0.201. The Morgan fingerprint density at radius 2 is 0.492 bits per heavy atom. The quantitative estimate of drug-likeness (QED) is 0.123. The van der Waals surface area contributed by atoms with Crippen molar-refractivity contribution in [2.45, 2.75) is 32.1 Å². The van der Waals surface area contributed by atoms with Crippen molar-refractivity contribution in [2.24, 2.45) is 0 Å². The lowest BCUT2D eigenvalue weighted by molar-refractivity contribution is 0.478. The van der Waals surface area contributed by atoms with Gasteiger partial charge in [0.05, 0.1) is 22.8 Å². The number of rotatable bonds is 12. The van der Waals surface area contributed by atoms with Gasteiger partial charge < -0.3 is 0 Å². The van der Waals surface area contributed by atoms with E-state index in [2.05, 4.69) is 220 Å². The number of benzene rings is 8. The Morgan fingerprint density at radius 3 is 0.785 bits per heavy atom. The molecule has 0 fully saturated rings. The highest BCUT2D eigenvalue weighted by Gasteiger charge is 2.31. The van der Waals surface area contributed by atoms with E-state index in [0.717, 1.165) is 69.0 Å². The first-order valence-electron chi connectivity index (χ1n) is 22.5. The van der Waals surface area contributed by atoms with Crippen molar-refractivity contribution in [1.29, 1.82) is 0 Å². The summed E-state index contributed by atoms with van der Waals surface area (Å²) in [5, 5.41) is 0. The molecule has 312 valence electrons.